The Morgan fingerprint density at radius 2 is 1.83 bits per heavy atom. The highest BCUT2D eigenvalue weighted by Gasteiger charge is 2.27. The van der Waals surface area contributed by atoms with Crippen LogP contribution < -0.4 is 5.73 Å². The first kappa shape index (κ1) is 12.0. The molecule has 0 bridgehead atoms. The number of nitrogen functional groups attached to an aromatic ring is 1. The number of piperidine rings is 1. The Balaban J connectivity index is 1.54. The molecular weight excluding hydrogens is 228 g/mol. The Morgan fingerprint density at radius 1 is 1.11 bits per heavy atom. The van der Waals surface area contributed by atoms with Gasteiger partial charge in [0, 0.05) is 38.5 Å². The highest BCUT2D eigenvalue weighted by Crippen LogP contribution is 2.26. The fraction of sp³-hybridized carbons (Fsp3) is 0.769. The van der Waals surface area contributed by atoms with Crippen LogP contribution in [0, 0.1) is 0 Å². The van der Waals surface area contributed by atoms with Gasteiger partial charge in [-0.05, 0) is 31.7 Å². The molecule has 0 aliphatic carbocycles. The molecule has 100 valence electrons. The fourth-order valence-electron chi connectivity index (χ4n) is 3.12. The standard InChI is InChI=1S/C13H22N4O/c14-13-3-8-17(15-13)12-1-6-16(7-2-12)11-4-9-18-10-5-11/h3,8,11-12H,1-2,4-7,9-10H2,(H2,14,15). The van der Waals surface area contributed by atoms with E-state index in [4.69, 9.17) is 10.5 Å². The van der Waals surface area contributed by atoms with Gasteiger partial charge in [0.2, 0.25) is 0 Å². The number of hydrogen-bond donors (Lipinski definition) is 1. The topological polar surface area (TPSA) is 56.3 Å². The van der Waals surface area contributed by atoms with Gasteiger partial charge in [0.25, 0.3) is 0 Å². The van der Waals surface area contributed by atoms with Crippen molar-refractivity contribution in [3.8, 4) is 0 Å². The first-order valence-corrected chi connectivity index (χ1v) is 6.95. The van der Waals surface area contributed by atoms with Gasteiger partial charge in [0.05, 0.1) is 6.04 Å². The van der Waals surface area contributed by atoms with Gasteiger partial charge in [-0.15, -0.1) is 0 Å². The van der Waals surface area contributed by atoms with Crippen LogP contribution >= 0.6 is 0 Å². The second-order valence-corrected chi connectivity index (χ2v) is 5.33. The van der Waals surface area contributed by atoms with Crippen molar-refractivity contribution in [3.05, 3.63) is 12.3 Å². The zero-order valence-electron chi connectivity index (χ0n) is 10.8. The molecule has 1 aromatic heterocycles. The molecule has 2 N–H and O–H groups in total. The third-order valence-corrected chi connectivity index (χ3v) is 4.21. The number of likely N-dealkylation sites (tertiary alicyclic amines) is 1. The maximum atomic E-state index is 5.67. The van der Waals surface area contributed by atoms with Crippen molar-refractivity contribution in [2.75, 3.05) is 32.0 Å². The molecule has 2 aliphatic rings. The van der Waals surface area contributed by atoms with Crippen molar-refractivity contribution >= 4 is 5.82 Å². The maximum absolute atomic E-state index is 5.67. The Labute approximate surface area is 108 Å². The van der Waals surface area contributed by atoms with Crippen LogP contribution in [0.25, 0.3) is 0 Å². The van der Waals surface area contributed by atoms with Crippen LogP contribution in [0.4, 0.5) is 5.82 Å². The average molecular weight is 250 g/mol. The summed E-state index contributed by atoms with van der Waals surface area (Å²) in [6, 6.07) is 3.14. The summed E-state index contributed by atoms with van der Waals surface area (Å²) in [6.07, 6.45) is 6.75. The highest BCUT2D eigenvalue weighted by atomic mass is 16.5. The van der Waals surface area contributed by atoms with Crippen LogP contribution in [0.3, 0.4) is 0 Å². The predicted molar refractivity (Wildman–Crippen MR) is 70.3 cm³/mol. The lowest BCUT2D eigenvalue weighted by Gasteiger charge is -2.39. The van der Waals surface area contributed by atoms with Crippen LogP contribution in [0.2, 0.25) is 0 Å². The Morgan fingerprint density at radius 3 is 2.44 bits per heavy atom. The fourth-order valence-corrected chi connectivity index (χ4v) is 3.12. The van der Waals surface area contributed by atoms with E-state index in [2.05, 4.69) is 10.00 Å². The summed E-state index contributed by atoms with van der Waals surface area (Å²) in [5.74, 6) is 0.627. The zero-order chi connectivity index (χ0) is 12.4. The highest BCUT2D eigenvalue weighted by molar-refractivity contribution is 5.24. The van der Waals surface area contributed by atoms with E-state index in [9.17, 15) is 0 Å². The van der Waals surface area contributed by atoms with Crippen LogP contribution in [0.5, 0.6) is 0 Å². The molecule has 2 fully saturated rings. The van der Waals surface area contributed by atoms with Gasteiger partial charge in [-0.1, -0.05) is 0 Å². The minimum absolute atomic E-state index is 0.526. The third kappa shape index (κ3) is 2.52. The normalized spacial score (nSPS) is 24.4. The monoisotopic (exact) mass is 250 g/mol. The minimum atomic E-state index is 0.526. The van der Waals surface area contributed by atoms with Gasteiger partial charge in [-0.2, -0.15) is 5.10 Å². The van der Waals surface area contributed by atoms with E-state index in [1.54, 1.807) is 0 Å². The second kappa shape index (κ2) is 5.28. The van der Waals surface area contributed by atoms with E-state index in [0.29, 0.717) is 11.9 Å². The number of hydrogen-bond acceptors (Lipinski definition) is 4. The molecule has 18 heavy (non-hydrogen) atoms. The summed E-state index contributed by atoms with van der Waals surface area (Å²) in [4.78, 5) is 2.63. The molecule has 1 aromatic rings. The molecule has 2 saturated heterocycles. The van der Waals surface area contributed by atoms with Crippen LogP contribution in [-0.4, -0.2) is 47.0 Å². The van der Waals surface area contributed by atoms with Crippen LogP contribution in [-0.2, 0) is 4.74 Å². The van der Waals surface area contributed by atoms with Gasteiger partial charge in [-0.25, -0.2) is 0 Å². The van der Waals surface area contributed by atoms with Crippen molar-refractivity contribution < 1.29 is 4.74 Å². The molecule has 0 aromatic carbocycles. The van der Waals surface area contributed by atoms with Gasteiger partial charge < -0.3 is 15.4 Å². The van der Waals surface area contributed by atoms with Crippen molar-refractivity contribution in [2.45, 2.75) is 37.8 Å². The van der Waals surface area contributed by atoms with Crippen molar-refractivity contribution in [1.82, 2.24) is 14.7 Å². The predicted octanol–water partition coefficient (Wildman–Crippen LogP) is 1.28. The lowest BCUT2D eigenvalue weighted by atomic mass is 10.00. The Hall–Kier alpha value is -1.07. The molecule has 0 saturated carbocycles. The third-order valence-electron chi connectivity index (χ3n) is 4.21. The minimum Gasteiger partial charge on any atom is -0.382 e. The number of nitrogens with two attached hydrogens (primary N) is 1. The smallest absolute Gasteiger partial charge is 0.145 e. The second-order valence-electron chi connectivity index (χ2n) is 5.33. The Kier molecular flexibility index (Phi) is 3.52. The van der Waals surface area contributed by atoms with E-state index in [0.717, 1.165) is 19.3 Å². The summed E-state index contributed by atoms with van der Waals surface area (Å²) in [5, 5.41) is 4.33. The molecule has 2 aliphatic heterocycles. The molecule has 0 spiro atoms. The van der Waals surface area contributed by atoms with Gasteiger partial charge >= 0.3 is 0 Å². The molecule has 0 atom stereocenters. The maximum Gasteiger partial charge on any atom is 0.145 e. The summed E-state index contributed by atoms with van der Waals surface area (Å²) in [5.41, 5.74) is 5.67. The number of anilines is 1. The van der Waals surface area contributed by atoms with Crippen molar-refractivity contribution in [1.29, 1.82) is 0 Å². The lowest BCUT2D eigenvalue weighted by Crippen LogP contribution is -2.44. The molecule has 0 amide bonds. The first-order chi connectivity index (χ1) is 8.83. The van der Waals surface area contributed by atoms with Crippen LogP contribution in [0.15, 0.2) is 12.3 Å². The average Bonchev–Trinajstić information content (AvgIpc) is 2.87. The Bertz CT molecular complexity index is 378. The molecule has 0 unspecified atom stereocenters. The lowest BCUT2D eigenvalue weighted by molar-refractivity contribution is 0.0213. The van der Waals surface area contributed by atoms with E-state index in [1.807, 2.05) is 16.9 Å². The molecule has 0 radical (unpaired) electrons. The van der Waals surface area contributed by atoms with Gasteiger partial charge in [0.1, 0.15) is 5.82 Å². The zero-order valence-corrected chi connectivity index (χ0v) is 10.8. The van der Waals surface area contributed by atoms with E-state index >= 15 is 0 Å². The number of ether oxygens (including phenoxy) is 1. The summed E-state index contributed by atoms with van der Waals surface area (Å²) >= 11 is 0. The number of rotatable bonds is 2. The summed E-state index contributed by atoms with van der Waals surface area (Å²) in [6.45, 7) is 4.21. The molecule has 5 nitrogen and oxygen atoms in total. The first-order valence-electron chi connectivity index (χ1n) is 6.95. The van der Waals surface area contributed by atoms with E-state index in [-0.39, 0.29) is 0 Å². The van der Waals surface area contributed by atoms with Crippen LogP contribution in [0.1, 0.15) is 31.7 Å². The SMILES string of the molecule is Nc1ccn(C2CCN(C3CCOCC3)CC2)n1. The molecule has 3 heterocycles. The summed E-state index contributed by atoms with van der Waals surface area (Å²) < 4.78 is 7.47. The summed E-state index contributed by atoms with van der Waals surface area (Å²) in [7, 11) is 0. The van der Waals surface area contributed by atoms with Crippen molar-refractivity contribution in [2.24, 2.45) is 0 Å². The van der Waals surface area contributed by atoms with Gasteiger partial charge in [-0.3, -0.25) is 4.68 Å². The largest absolute Gasteiger partial charge is 0.382 e. The molecular formula is C13H22N4O. The van der Waals surface area contributed by atoms with Crippen molar-refractivity contribution in [3.63, 3.8) is 0 Å². The number of aromatic nitrogens is 2. The van der Waals surface area contributed by atoms with E-state index < -0.39 is 0 Å². The molecule has 3 rings (SSSR count). The van der Waals surface area contributed by atoms with Gasteiger partial charge in [0.15, 0.2) is 0 Å². The quantitative estimate of drug-likeness (QED) is 0.859. The molecule has 5 heteroatoms. The number of nitrogens with zero attached hydrogens (tertiary/aromatic N) is 3. The van der Waals surface area contributed by atoms with E-state index in [1.165, 1.54) is 38.8 Å².